The second kappa shape index (κ2) is 7.26. The van der Waals surface area contributed by atoms with Crippen LogP contribution in [0.3, 0.4) is 0 Å². The molecule has 0 aliphatic rings. The molecule has 0 saturated carbocycles. The molecule has 0 aliphatic carbocycles. The van der Waals surface area contributed by atoms with Gasteiger partial charge in [-0.15, -0.1) is 0 Å². The fourth-order valence-corrected chi connectivity index (χ4v) is 1.73. The molecule has 1 rings (SSSR count). The smallest absolute Gasteiger partial charge is 0.237 e. The highest BCUT2D eigenvalue weighted by molar-refractivity contribution is 5.82. The molecular weight excluding hydrogens is 240 g/mol. The summed E-state index contributed by atoms with van der Waals surface area (Å²) >= 11 is 0. The first-order chi connectivity index (χ1) is 9.00. The Morgan fingerprint density at radius 3 is 2.58 bits per heavy atom. The molecule has 4 nitrogen and oxygen atoms in total. The van der Waals surface area contributed by atoms with E-state index in [1.807, 2.05) is 44.2 Å². The topological polar surface area (TPSA) is 75.3 Å². The van der Waals surface area contributed by atoms with Crippen LogP contribution in [0.15, 0.2) is 30.3 Å². The molecule has 2 unspecified atom stereocenters. The second-order valence-corrected chi connectivity index (χ2v) is 5.19. The zero-order valence-electron chi connectivity index (χ0n) is 11.7. The average molecular weight is 264 g/mol. The Morgan fingerprint density at radius 2 is 2.05 bits per heavy atom. The minimum Gasteiger partial charge on any atom is -0.394 e. The first kappa shape index (κ1) is 15.7. The molecular formula is C15H24N2O2. The normalized spacial score (nSPS) is 15.6. The highest BCUT2D eigenvalue weighted by atomic mass is 16.3. The van der Waals surface area contributed by atoms with Crippen molar-refractivity contribution in [2.24, 2.45) is 5.73 Å². The van der Waals surface area contributed by atoms with Gasteiger partial charge in [0.2, 0.25) is 5.91 Å². The molecule has 1 amide bonds. The molecule has 1 aromatic carbocycles. The SMILES string of the molecule is CCC(C)(CO)NC(=O)C(N)CCc1ccccc1. The number of hydrogen-bond acceptors (Lipinski definition) is 3. The fourth-order valence-electron chi connectivity index (χ4n) is 1.73. The number of aryl methyl sites for hydroxylation is 1. The second-order valence-electron chi connectivity index (χ2n) is 5.19. The van der Waals surface area contributed by atoms with Crippen LogP contribution in [0.4, 0.5) is 0 Å². The van der Waals surface area contributed by atoms with Crippen molar-refractivity contribution in [2.75, 3.05) is 6.61 Å². The first-order valence-electron chi connectivity index (χ1n) is 6.73. The van der Waals surface area contributed by atoms with E-state index in [-0.39, 0.29) is 12.5 Å². The predicted octanol–water partition coefficient (Wildman–Crippen LogP) is 1.22. The van der Waals surface area contributed by atoms with Gasteiger partial charge in [-0.3, -0.25) is 4.79 Å². The summed E-state index contributed by atoms with van der Waals surface area (Å²) in [5.74, 6) is -0.200. The molecule has 0 radical (unpaired) electrons. The number of carbonyl (C=O) groups excluding carboxylic acids is 1. The summed E-state index contributed by atoms with van der Waals surface area (Å²) < 4.78 is 0. The molecule has 0 spiro atoms. The molecule has 106 valence electrons. The first-order valence-corrected chi connectivity index (χ1v) is 6.73. The van der Waals surface area contributed by atoms with Crippen LogP contribution in [-0.2, 0) is 11.2 Å². The van der Waals surface area contributed by atoms with Crippen LogP contribution in [0.1, 0.15) is 32.3 Å². The minimum absolute atomic E-state index is 0.0827. The van der Waals surface area contributed by atoms with Crippen molar-refractivity contribution in [3.8, 4) is 0 Å². The minimum atomic E-state index is -0.582. The largest absolute Gasteiger partial charge is 0.394 e. The standard InChI is InChI=1S/C15H24N2O2/c1-3-15(2,11-18)17-14(19)13(16)10-9-12-7-5-4-6-8-12/h4-8,13,18H,3,9-11,16H2,1-2H3,(H,17,19). The van der Waals surface area contributed by atoms with Gasteiger partial charge in [0.05, 0.1) is 18.2 Å². The maximum absolute atomic E-state index is 12.0. The monoisotopic (exact) mass is 264 g/mol. The van der Waals surface area contributed by atoms with E-state index in [1.54, 1.807) is 0 Å². The van der Waals surface area contributed by atoms with Crippen molar-refractivity contribution in [3.05, 3.63) is 35.9 Å². The summed E-state index contributed by atoms with van der Waals surface area (Å²) in [6.07, 6.45) is 2.04. The number of carbonyl (C=O) groups is 1. The molecule has 1 aromatic rings. The van der Waals surface area contributed by atoms with Crippen LogP contribution in [0.25, 0.3) is 0 Å². The Morgan fingerprint density at radius 1 is 1.42 bits per heavy atom. The molecule has 4 N–H and O–H groups in total. The van der Waals surface area contributed by atoms with Gasteiger partial charge in [-0.2, -0.15) is 0 Å². The van der Waals surface area contributed by atoms with Crippen LogP contribution >= 0.6 is 0 Å². The van der Waals surface area contributed by atoms with Crippen LogP contribution in [0.2, 0.25) is 0 Å². The Balaban J connectivity index is 2.45. The van der Waals surface area contributed by atoms with Crippen LogP contribution in [0.5, 0.6) is 0 Å². The molecule has 4 heteroatoms. The molecule has 0 aromatic heterocycles. The third-order valence-corrected chi connectivity index (χ3v) is 3.48. The van der Waals surface area contributed by atoms with Gasteiger partial charge in [0.15, 0.2) is 0 Å². The van der Waals surface area contributed by atoms with Gasteiger partial charge >= 0.3 is 0 Å². The van der Waals surface area contributed by atoms with E-state index >= 15 is 0 Å². The lowest BCUT2D eigenvalue weighted by atomic mass is 9.98. The van der Waals surface area contributed by atoms with E-state index in [4.69, 9.17) is 5.73 Å². The Kier molecular flexibility index (Phi) is 5.99. The highest BCUT2D eigenvalue weighted by Crippen LogP contribution is 2.09. The lowest BCUT2D eigenvalue weighted by Crippen LogP contribution is -2.53. The third kappa shape index (κ3) is 5.01. The van der Waals surface area contributed by atoms with Crippen molar-refractivity contribution in [1.29, 1.82) is 0 Å². The Hall–Kier alpha value is -1.39. The highest BCUT2D eigenvalue weighted by Gasteiger charge is 2.25. The summed E-state index contributed by atoms with van der Waals surface area (Å²) in [6.45, 7) is 3.65. The van der Waals surface area contributed by atoms with Crippen molar-refractivity contribution < 1.29 is 9.90 Å². The van der Waals surface area contributed by atoms with Gasteiger partial charge in [-0.1, -0.05) is 37.3 Å². The summed E-state index contributed by atoms with van der Waals surface area (Å²) in [7, 11) is 0. The van der Waals surface area contributed by atoms with Gasteiger partial charge < -0.3 is 16.2 Å². The zero-order valence-corrected chi connectivity index (χ0v) is 11.7. The van der Waals surface area contributed by atoms with Crippen molar-refractivity contribution in [2.45, 2.75) is 44.7 Å². The quantitative estimate of drug-likeness (QED) is 0.693. The number of amides is 1. The van der Waals surface area contributed by atoms with E-state index < -0.39 is 11.6 Å². The summed E-state index contributed by atoms with van der Waals surface area (Å²) in [6, 6.07) is 9.41. The zero-order chi connectivity index (χ0) is 14.3. The summed E-state index contributed by atoms with van der Waals surface area (Å²) in [5, 5.41) is 12.1. The molecule has 2 atom stereocenters. The number of nitrogens with two attached hydrogens (primary N) is 1. The van der Waals surface area contributed by atoms with Gasteiger partial charge in [0.25, 0.3) is 0 Å². The molecule has 0 saturated heterocycles. The predicted molar refractivity (Wildman–Crippen MR) is 76.7 cm³/mol. The van der Waals surface area contributed by atoms with E-state index in [1.165, 1.54) is 5.56 Å². The number of hydrogen-bond donors (Lipinski definition) is 3. The third-order valence-electron chi connectivity index (χ3n) is 3.48. The number of aliphatic hydroxyl groups excluding tert-OH is 1. The lowest BCUT2D eigenvalue weighted by molar-refractivity contribution is -0.124. The van der Waals surface area contributed by atoms with Crippen LogP contribution < -0.4 is 11.1 Å². The van der Waals surface area contributed by atoms with Gasteiger partial charge in [0.1, 0.15) is 0 Å². The van der Waals surface area contributed by atoms with E-state index in [0.29, 0.717) is 12.8 Å². The van der Waals surface area contributed by atoms with Crippen LogP contribution in [-0.4, -0.2) is 29.2 Å². The van der Waals surface area contributed by atoms with E-state index in [2.05, 4.69) is 5.32 Å². The number of rotatable bonds is 7. The number of benzene rings is 1. The number of aliphatic hydroxyl groups is 1. The maximum atomic E-state index is 12.0. The maximum Gasteiger partial charge on any atom is 0.237 e. The Labute approximate surface area is 115 Å². The average Bonchev–Trinajstić information content (AvgIpc) is 2.45. The molecule has 0 aliphatic heterocycles. The van der Waals surface area contributed by atoms with Gasteiger partial charge in [-0.25, -0.2) is 0 Å². The summed E-state index contributed by atoms with van der Waals surface area (Å²) in [5.41, 5.74) is 6.48. The van der Waals surface area contributed by atoms with Crippen molar-refractivity contribution >= 4 is 5.91 Å². The summed E-state index contributed by atoms with van der Waals surface area (Å²) in [4.78, 5) is 12.0. The van der Waals surface area contributed by atoms with Crippen molar-refractivity contribution in [1.82, 2.24) is 5.32 Å². The number of nitrogens with one attached hydrogen (secondary N) is 1. The lowest BCUT2D eigenvalue weighted by Gasteiger charge is -2.28. The van der Waals surface area contributed by atoms with E-state index in [9.17, 15) is 9.90 Å². The fraction of sp³-hybridized carbons (Fsp3) is 0.533. The van der Waals surface area contributed by atoms with Gasteiger partial charge in [-0.05, 0) is 31.7 Å². The molecule has 19 heavy (non-hydrogen) atoms. The molecule has 0 fully saturated rings. The van der Waals surface area contributed by atoms with Gasteiger partial charge in [0, 0.05) is 0 Å². The van der Waals surface area contributed by atoms with Crippen LogP contribution in [0, 0.1) is 0 Å². The van der Waals surface area contributed by atoms with Crippen molar-refractivity contribution in [3.63, 3.8) is 0 Å². The Bertz CT molecular complexity index is 388. The molecule has 0 heterocycles. The molecule has 0 bridgehead atoms. The van der Waals surface area contributed by atoms with E-state index in [0.717, 1.165) is 6.42 Å².